The Morgan fingerprint density at radius 2 is 2.14 bits per heavy atom. The molecule has 3 heteroatoms. The van der Waals surface area contributed by atoms with Crippen LogP contribution in [0.2, 0.25) is 5.82 Å². The lowest BCUT2D eigenvalue weighted by Gasteiger charge is -2.20. The molecule has 0 rings (SSSR count). The molecule has 0 aliphatic rings. The van der Waals surface area contributed by atoms with E-state index in [1.807, 2.05) is 26.8 Å². The second-order valence-corrected chi connectivity index (χ2v) is 3.94. The lowest BCUT2D eigenvalue weighted by molar-refractivity contribution is 0.0371. The Balaban J connectivity index is 3.75. The van der Waals surface area contributed by atoms with Gasteiger partial charge in [0.05, 0.1) is 12.7 Å². The molecule has 0 fully saturated rings. The molecule has 0 aromatic rings. The van der Waals surface area contributed by atoms with Crippen LogP contribution >= 0.6 is 0 Å². The Labute approximate surface area is 88.8 Å². The Morgan fingerprint density at radius 1 is 1.50 bits per heavy atom. The van der Waals surface area contributed by atoms with Crippen molar-refractivity contribution in [2.24, 2.45) is 5.92 Å². The van der Waals surface area contributed by atoms with Gasteiger partial charge in [0.2, 0.25) is 0 Å². The predicted molar refractivity (Wildman–Crippen MR) is 63.4 cm³/mol. The van der Waals surface area contributed by atoms with E-state index >= 15 is 0 Å². The summed E-state index contributed by atoms with van der Waals surface area (Å²) in [5.41, 5.74) is 0. The van der Waals surface area contributed by atoms with Gasteiger partial charge < -0.3 is 9.84 Å². The second kappa shape index (κ2) is 8.07. The van der Waals surface area contributed by atoms with Crippen LogP contribution in [0.15, 0.2) is 12.2 Å². The average Bonchev–Trinajstić information content (AvgIpc) is 2.14. The first-order chi connectivity index (χ1) is 6.61. The molecular formula is C11H23BO2. The molecule has 0 spiro atoms. The lowest BCUT2D eigenvalue weighted by Crippen LogP contribution is -2.23. The highest BCUT2D eigenvalue weighted by atomic mass is 16.5. The summed E-state index contributed by atoms with van der Waals surface area (Å²) in [5, 5.41) is 9.83. The number of allylic oxidation sites excluding steroid dienone is 2. The average molecular weight is 198 g/mol. The van der Waals surface area contributed by atoms with Crippen molar-refractivity contribution in [2.75, 3.05) is 13.2 Å². The van der Waals surface area contributed by atoms with E-state index in [1.165, 1.54) is 0 Å². The minimum atomic E-state index is -0.257. The van der Waals surface area contributed by atoms with Crippen molar-refractivity contribution in [3.8, 4) is 0 Å². The van der Waals surface area contributed by atoms with Gasteiger partial charge >= 0.3 is 0 Å². The molecule has 0 aliphatic carbocycles. The van der Waals surface area contributed by atoms with Crippen LogP contribution in [0.4, 0.5) is 0 Å². The number of rotatable bonds is 7. The molecule has 82 valence electrons. The Bertz CT molecular complexity index is 159. The molecule has 0 amide bonds. The second-order valence-electron chi connectivity index (χ2n) is 3.94. The Hall–Kier alpha value is -0.275. The molecule has 0 aliphatic heterocycles. The van der Waals surface area contributed by atoms with Gasteiger partial charge in [-0.05, 0) is 26.1 Å². The van der Waals surface area contributed by atoms with E-state index in [2.05, 4.69) is 13.9 Å². The lowest BCUT2D eigenvalue weighted by atomic mass is 9.80. The van der Waals surface area contributed by atoms with Crippen LogP contribution in [0.25, 0.3) is 0 Å². The van der Waals surface area contributed by atoms with Crippen molar-refractivity contribution in [2.45, 2.75) is 39.1 Å². The third-order valence-corrected chi connectivity index (χ3v) is 2.38. The molecule has 3 atom stereocenters. The van der Waals surface area contributed by atoms with Crippen molar-refractivity contribution in [1.29, 1.82) is 0 Å². The molecule has 0 radical (unpaired) electrons. The fraction of sp³-hybridized carbons (Fsp3) is 0.818. The first-order valence-corrected chi connectivity index (χ1v) is 5.50. The van der Waals surface area contributed by atoms with Gasteiger partial charge in [0.15, 0.2) is 0 Å². The molecule has 0 heterocycles. The highest BCUT2D eigenvalue weighted by molar-refractivity contribution is 6.12. The SMILES string of the molecule is B[C@@H](/C=C\C)CC(O)C(C)COCC. The van der Waals surface area contributed by atoms with Crippen molar-refractivity contribution >= 4 is 7.85 Å². The van der Waals surface area contributed by atoms with E-state index in [4.69, 9.17) is 4.74 Å². The van der Waals surface area contributed by atoms with Gasteiger partial charge in [0.1, 0.15) is 7.85 Å². The summed E-state index contributed by atoms with van der Waals surface area (Å²) < 4.78 is 5.28. The van der Waals surface area contributed by atoms with Gasteiger partial charge in [-0.25, -0.2) is 0 Å². The smallest absolute Gasteiger partial charge is 0.110 e. The molecular weight excluding hydrogens is 175 g/mol. The number of hydrogen-bond donors (Lipinski definition) is 1. The Morgan fingerprint density at radius 3 is 2.64 bits per heavy atom. The van der Waals surface area contributed by atoms with Gasteiger partial charge in [0, 0.05) is 12.5 Å². The summed E-state index contributed by atoms with van der Waals surface area (Å²) in [6, 6.07) is 0. The van der Waals surface area contributed by atoms with Crippen molar-refractivity contribution < 1.29 is 9.84 Å². The van der Waals surface area contributed by atoms with E-state index in [0.717, 1.165) is 13.0 Å². The van der Waals surface area contributed by atoms with Crippen LogP contribution < -0.4 is 0 Å². The highest BCUT2D eigenvalue weighted by Gasteiger charge is 2.15. The van der Waals surface area contributed by atoms with Crippen LogP contribution in [0.3, 0.4) is 0 Å². The van der Waals surface area contributed by atoms with Gasteiger partial charge in [-0.2, -0.15) is 0 Å². The zero-order chi connectivity index (χ0) is 11.0. The monoisotopic (exact) mass is 198 g/mol. The van der Waals surface area contributed by atoms with Crippen LogP contribution in [-0.2, 0) is 4.74 Å². The van der Waals surface area contributed by atoms with Crippen molar-refractivity contribution in [1.82, 2.24) is 0 Å². The minimum Gasteiger partial charge on any atom is -0.393 e. The number of hydrogen-bond acceptors (Lipinski definition) is 2. The van der Waals surface area contributed by atoms with Crippen LogP contribution in [-0.4, -0.2) is 32.3 Å². The van der Waals surface area contributed by atoms with Crippen LogP contribution in [0.5, 0.6) is 0 Å². The van der Waals surface area contributed by atoms with Gasteiger partial charge in [-0.3, -0.25) is 0 Å². The van der Waals surface area contributed by atoms with E-state index < -0.39 is 0 Å². The summed E-state index contributed by atoms with van der Waals surface area (Å²) in [6.07, 6.45) is 4.72. The normalized spacial score (nSPS) is 18.3. The molecule has 0 saturated carbocycles. The van der Waals surface area contributed by atoms with Crippen LogP contribution in [0, 0.1) is 5.92 Å². The van der Waals surface area contributed by atoms with E-state index in [1.54, 1.807) is 0 Å². The molecule has 14 heavy (non-hydrogen) atoms. The molecule has 0 saturated heterocycles. The summed E-state index contributed by atoms with van der Waals surface area (Å²) in [4.78, 5) is 0. The number of aliphatic hydroxyl groups is 1. The molecule has 0 aromatic heterocycles. The van der Waals surface area contributed by atoms with Crippen molar-refractivity contribution in [3.05, 3.63) is 12.2 Å². The zero-order valence-electron chi connectivity index (χ0n) is 9.86. The largest absolute Gasteiger partial charge is 0.393 e. The molecule has 2 nitrogen and oxygen atoms in total. The van der Waals surface area contributed by atoms with Gasteiger partial charge in [-0.15, -0.1) is 0 Å². The fourth-order valence-electron chi connectivity index (χ4n) is 1.44. The molecule has 1 N–H and O–H groups in total. The number of aliphatic hydroxyl groups excluding tert-OH is 1. The highest BCUT2D eigenvalue weighted by Crippen LogP contribution is 2.16. The van der Waals surface area contributed by atoms with Gasteiger partial charge in [-0.1, -0.05) is 19.1 Å². The summed E-state index contributed by atoms with van der Waals surface area (Å²) in [6.45, 7) is 7.39. The van der Waals surface area contributed by atoms with E-state index in [0.29, 0.717) is 12.4 Å². The first kappa shape index (κ1) is 13.7. The van der Waals surface area contributed by atoms with E-state index in [9.17, 15) is 5.11 Å². The maximum Gasteiger partial charge on any atom is 0.110 e. The summed E-state index contributed by atoms with van der Waals surface area (Å²) in [5.74, 6) is 0.668. The van der Waals surface area contributed by atoms with Crippen LogP contribution in [0.1, 0.15) is 27.2 Å². The predicted octanol–water partition coefficient (Wildman–Crippen LogP) is 1.41. The fourth-order valence-corrected chi connectivity index (χ4v) is 1.44. The standard InChI is InChI=1S/C11H23BO2/c1-4-6-10(12)7-11(13)9(3)8-14-5-2/h4,6,9-11,13H,5,7-8,12H2,1-3H3/b6-4-/t9?,10-,11?/m0/s1. The zero-order valence-corrected chi connectivity index (χ0v) is 9.86. The van der Waals surface area contributed by atoms with E-state index in [-0.39, 0.29) is 12.0 Å². The maximum atomic E-state index is 9.83. The van der Waals surface area contributed by atoms with Crippen molar-refractivity contribution in [3.63, 3.8) is 0 Å². The third-order valence-electron chi connectivity index (χ3n) is 2.38. The first-order valence-electron chi connectivity index (χ1n) is 5.50. The maximum absolute atomic E-state index is 9.83. The quantitative estimate of drug-likeness (QED) is 0.495. The number of ether oxygens (including phenoxy) is 1. The third kappa shape index (κ3) is 6.22. The van der Waals surface area contributed by atoms with Gasteiger partial charge in [0.25, 0.3) is 0 Å². The minimum absolute atomic E-state index is 0.225. The summed E-state index contributed by atoms with van der Waals surface area (Å²) >= 11 is 0. The topological polar surface area (TPSA) is 29.5 Å². The molecule has 0 aromatic carbocycles. The Kier molecular flexibility index (Phi) is 7.91. The molecule has 2 unspecified atom stereocenters. The molecule has 0 bridgehead atoms. The summed E-state index contributed by atoms with van der Waals surface area (Å²) in [7, 11) is 2.12.